The van der Waals surface area contributed by atoms with Crippen LogP contribution < -0.4 is 5.32 Å². The highest BCUT2D eigenvalue weighted by Gasteiger charge is 2.21. The Kier molecular flexibility index (Phi) is 4.55. The van der Waals surface area contributed by atoms with E-state index in [0.29, 0.717) is 23.8 Å². The summed E-state index contributed by atoms with van der Waals surface area (Å²) >= 11 is 1.70. The second kappa shape index (κ2) is 6.76. The smallest absolute Gasteiger partial charge is 0.230 e. The normalized spacial score (nSPS) is 14.1. The average Bonchev–Trinajstić information content (AvgIpc) is 3.21. The minimum Gasteiger partial charge on any atom is -0.359 e. The number of rotatable bonds is 7. The molecule has 1 amide bonds. The summed E-state index contributed by atoms with van der Waals surface area (Å²) in [6.45, 7) is 0.364. The van der Waals surface area contributed by atoms with Gasteiger partial charge in [-0.1, -0.05) is 11.2 Å². The fourth-order valence-electron chi connectivity index (χ4n) is 1.87. The van der Waals surface area contributed by atoms with Gasteiger partial charge in [-0.2, -0.15) is 11.8 Å². The van der Waals surface area contributed by atoms with Crippen LogP contribution >= 0.6 is 11.8 Å². The summed E-state index contributed by atoms with van der Waals surface area (Å²) in [6, 6.07) is 7.42. The summed E-state index contributed by atoms with van der Waals surface area (Å²) < 4.78 is 5.21. The first-order valence-electron chi connectivity index (χ1n) is 7.03. The van der Waals surface area contributed by atoms with E-state index < -0.39 is 0 Å². The maximum absolute atomic E-state index is 11.7. The Morgan fingerprint density at radius 1 is 1.38 bits per heavy atom. The molecule has 0 radical (unpaired) electrons. The first-order chi connectivity index (χ1) is 10.3. The molecule has 2 heterocycles. The number of hydrogen-bond donors (Lipinski definition) is 1. The van der Waals surface area contributed by atoms with Crippen molar-refractivity contribution in [3.8, 4) is 11.4 Å². The van der Waals surface area contributed by atoms with E-state index in [-0.39, 0.29) is 5.91 Å². The summed E-state index contributed by atoms with van der Waals surface area (Å²) in [5.74, 6) is 3.13. The van der Waals surface area contributed by atoms with E-state index in [1.807, 2.05) is 18.2 Å². The Morgan fingerprint density at radius 3 is 3.05 bits per heavy atom. The van der Waals surface area contributed by atoms with Crippen LogP contribution in [0.4, 0.5) is 0 Å². The van der Waals surface area contributed by atoms with Gasteiger partial charge in [0, 0.05) is 12.3 Å². The first-order valence-corrected chi connectivity index (χ1v) is 8.18. The van der Waals surface area contributed by atoms with Crippen molar-refractivity contribution in [2.24, 2.45) is 5.92 Å². The number of pyridine rings is 1. The van der Waals surface area contributed by atoms with Crippen LogP contribution in [0, 0.1) is 5.92 Å². The van der Waals surface area contributed by atoms with Gasteiger partial charge < -0.3 is 9.84 Å². The minimum absolute atomic E-state index is 0.0384. The zero-order valence-corrected chi connectivity index (χ0v) is 12.4. The summed E-state index contributed by atoms with van der Waals surface area (Å²) in [6.07, 6.45) is 4.36. The van der Waals surface area contributed by atoms with E-state index in [2.05, 4.69) is 15.5 Å². The lowest BCUT2D eigenvalue weighted by atomic mass is 10.2. The third-order valence-electron chi connectivity index (χ3n) is 3.23. The highest BCUT2D eigenvalue weighted by molar-refractivity contribution is 7.99. The number of carbonyl (C=O) groups is 1. The summed E-state index contributed by atoms with van der Waals surface area (Å²) in [5.41, 5.74) is 1.45. The number of amides is 1. The molecule has 21 heavy (non-hydrogen) atoms. The molecule has 0 spiro atoms. The number of nitrogens with zero attached hydrogens (tertiary/aromatic N) is 2. The molecule has 5 nitrogen and oxygen atoms in total. The molecular weight excluding hydrogens is 286 g/mol. The van der Waals surface area contributed by atoms with E-state index in [1.54, 1.807) is 24.0 Å². The van der Waals surface area contributed by atoms with Crippen molar-refractivity contribution in [3.63, 3.8) is 0 Å². The predicted octanol–water partition coefficient (Wildman–Crippen LogP) is 2.50. The molecule has 6 heteroatoms. The van der Waals surface area contributed by atoms with E-state index in [4.69, 9.17) is 4.52 Å². The minimum atomic E-state index is 0.0384. The Hall–Kier alpha value is -1.82. The Labute approximate surface area is 127 Å². The largest absolute Gasteiger partial charge is 0.359 e. The lowest BCUT2D eigenvalue weighted by Crippen LogP contribution is -2.24. The molecule has 0 aromatic carbocycles. The number of nitrogens with one attached hydrogen (secondary N) is 1. The molecule has 110 valence electrons. The van der Waals surface area contributed by atoms with Crippen molar-refractivity contribution >= 4 is 17.7 Å². The maximum atomic E-state index is 11.7. The zero-order valence-electron chi connectivity index (χ0n) is 11.6. The van der Waals surface area contributed by atoms with Crippen molar-refractivity contribution in [2.45, 2.75) is 19.4 Å². The third kappa shape index (κ3) is 4.32. The number of carbonyl (C=O) groups excluding carboxylic acids is 1. The lowest BCUT2D eigenvalue weighted by Gasteiger charge is -2.02. The molecule has 0 atom stereocenters. The van der Waals surface area contributed by atoms with Gasteiger partial charge in [-0.05, 0) is 36.6 Å². The zero-order chi connectivity index (χ0) is 14.5. The highest BCUT2D eigenvalue weighted by atomic mass is 32.2. The quantitative estimate of drug-likeness (QED) is 0.851. The highest BCUT2D eigenvalue weighted by Crippen LogP contribution is 2.32. The predicted molar refractivity (Wildman–Crippen MR) is 81.6 cm³/mol. The molecule has 0 saturated heterocycles. The van der Waals surface area contributed by atoms with Gasteiger partial charge >= 0.3 is 0 Å². The molecule has 1 fully saturated rings. The van der Waals surface area contributed by atoms with Crippen molar-refractivity contribution in [3.05, 3.63) is 36.2 Å². The van der Waals surface area contributed by atoms with Crippen LogP contribution in [0.25, 0.3) is 11.4 Å². The van der Waals surface area contributed by atoms with Gasteiger partial charge in [-0.25, -0.2) is 0 Å². The molecule has 3 rings (SSSR count). The van der Waals surface area contributed by atoms with Crippen LogP contribution in [0.5, 0.6) is 0 Å². The number of thioether (sulfide) groups is 1. The van der Waals surface area contributed by atoms with Crippen molar-refractivity contribution < 1.29 is 9.32 Å². The average molecular weight is 303 g/mol. The fourth-order valence-corrected chi connectivity index (χ4v) is 2.94. The van der Waals surface area contributed by atoms with Gasteiger partial charge in [0.2, 0.25) is 5.91 Å². The van der Waals surface area contributed by atoms with Crippen LogP contribution in [0.1, 0.15) is 18.6 Å². The Balaban J connectivity index is 1.44. The van der Waals surface area contributed by atoms with Crippen LogP contribution in [0.2, 0.25) is 0 Å². The first kappa shape index (κ1) is 14.1. The second-order valence-electron chi connectivity index (χ2n) is 5.13. The van der Waals surface area contributed by atoms with E-state index in [0.717, 1.165) is 17.4 Å². The molecule has 0 aliphatic heterocycles. The summed E-state index contributed by atoms with van der Waals surface area (Å²) in [4.78, 5) is 15.9. The van der Waals surface area contributed by atoms with Crippen molar-refractivity contribution in [1.82, 2.24) is 15.5 Å². The molecule has 1 saturated carbocycles. The van der Waals surface area contributed by atoms with E-state index in [9.17, 15) is 4.79 Å². The summed E-state index contributed by atoms with van der Waals surface area (Å²) in [7, 11) is 0. The fraction of sp³-hybridized carbons (Fsp3) is 0.400. The van der Waals surface area contributed by atoms with Crippen molar-refractivity contribution in [1.29, 1.82) is 0 Å². The van der Waals surface area contributed by atoms with E-state index in [1.165, 1.54) is 12.8 Å². The van der Waals surface area contributed by atoms with E-state index >= 15 is 0 Å². The molecular formula is C15H17N3O2S. The molecule has 1 aliphatic carbocycles. The monoisotopic (exact) mass is 303 g/mol. The van der Waals surface area contributed by atoms with Gasteiger partial charge in [0.1, 0.15) is 5.69 Å². The molecule has 2 aromatic rings. The molecule has 2 aromatic heterocycles. The summed E-state index contributed by atoms with van der Waals surface area (Å²) in [5, 5.41) is 6.81. The van der Waals surface area contributed by atoms with Crippen LogP contribution in [-0.2, 0) is 11.3 Å². The van der Waals surface area contributed by atoms with Gasteiger partial charge in [0.15, 0.2) is 5.76 Å². The number of aromatic nitrogens is 2. The maximum Gasteiger partial charge on any atom is 0.230 e. The standard InChI is InChI=1S/C15H17N3O2S/c19-15(10-21-9-11-4-5-11)17-8-12-7-14(18-20-12)13-3-1-2-6-16-13/h1-3,6-7,11H,4-5,8-10H2,(H,17,19). The SMILES string of the molecule is O=C(CSCC1CC1)NCc1cc(-c2ccccn2)no1. The third-order valence-corrected chi connectivity index (χ3v) is 4.40. The Morgan fingerprint density at radius 2 is 2.29 bits per heavy atom. The van der Waals surface area contributed by atoms with Crippen molar-refractivity contribution in [2.75, 3.05) is 11.5 Å². The topological polar surface area (TPSA) is 68.0 Å². The number of hydrogen-bond acceptors (Lipinski definition) is 5. The van der Waals surface area contributed by atoms with Gasteiger partial charge in [-0.15, -0.1) is 0 Å². The van der Waals surface area contributed by atoms with Crippen LogP contribution in [0.3, 0.4) is 0 Å². The van der Waals surface area contributed by atoms with Crippen LogP contribution in [0.15, 0.2) is 35.0 Å². The molecule has 0 bridgehead atoms. The van der Waals surface area contributed by atoms with Gasteiger partial charge in [0.05, 0.1) is 18.0 Å². The van der Waals surface area contributed by atoms with Crippen LogP contribution in [-0.4, -0.2) is 27.6 Å². The second-order valence-corrected chi connectivity index (χ2v) is 6.16. The van der Waals surface area contributed by atoms with Gasteiger partial charge in [0.25, 0.3) is 0 Å². The lowest BCUT2D eigenvalue weighted by molar-refractivity contribution is -0.118. The Bertz CT molecular complexity index is 596. The molecule has 0 unspecified atom stereocenters. The molecule has 1 aliphatic rings. The van der Waals surface area contributed by atoms with Gasteiger partial charge in [-0.3, -0.25) is 9.78 Å². The molecule has 1 N–H and O–H groups in total.